The number of hydrogen-bond donors (Lipinski definition) is 1. The first-order valence-corrected chi connectivity index (χ1v) is 8.20. The molecule has 6 nitrogen and oxygen atoms in total. The second-order valence-electron chi connectivity index (χ2n) is 5.75. The monoisotopic (exact) mass is 368 g/mol. The third-order valence-corrected chi connectivity index (χ3v) is 4.16. The molecule has 1 N–H and O–H groups in total. The molecule has 0 aliphatic carbocycles. The van der Waals surface area contributed by atoms with Gasteiger partial charge in [-0.25, -0.2) is 9.59 Å². The Balaban J connectivity index is 2.90. The number of rotatable bonds is 6. The van der Waals surface area contributed by atoms with E-state index in [1.54, 1.807) is 54.6 Å². The van der Waals surface area contributed by atoms with Gasteiger partial charge in [-0.1, -0.05) is 54.6 Å². The molecule has 0 amide bonds. The molecule has 0 aliphatic heterocycles. The molecule has 6 heteroatoms. The van der Waals surface area contributed by atoms with Crippen LogP contribution in [0, 0.1) is 0 Å². The first-order chi connectivity index (χ1) is 12.9. The number of ether oxygens (including phenoxy) is 2. The summed E-state index contributed by atoms with van der Waals surface area (Å²) in [4.78, 5) is 36.7. The van der Waals surface area contributed by atoms with E-state index in [-0.39, 0.29) is 11.1 Å². The van der Waals surface area contributed by atoms with Crippen LogP contribution in [-0.2, 0) is 23.9 Å². The summed E-state index contributed by atoms with van der Waals surface area (Å²) in [6, 6.07) is 15.1. The molecule has 2 aromatic rings. The molecule has 0 fully saturated rings. The van der Waals surface area contributed by atoms with Gasteiger partial charge < -0.3 is 14.6 Å². The Hall–Kier alpha value is -3.41. The van der Waals surface area contributed by atoms with E-state index in [0.29, 0.717) is 16.7 Å². The van der Waals surface area contributed by atoms with Gasteiger partial charge in [-0.05, 0) is 23.6 Å². The van der Waals surface area contributed by atoms with Crippen molar-refractivity contribution in [1.29, 1.82) is 0 Å². The van der Waals surface area contributed by atoms with Gasteiger partial charge in [-0.3, -0.25) is 4.79 Å². The second-order valence-corrected chi connectivity index (χ2v) is 5.75. The van der Waals surface area contributed by atoms with Crippen molar-refractivity contribution < 1.29 is 29.0 Å². The minimum atomic E-state index is -1.05. The van der Waals surface area contributed by atoms with E-state index in [4.69, 9.17) is 9.47 Å². The summed E-state index contributed by atoms with van der Waals surface area (Å²) < 4.78 is 9.80. The van der Waals surface area contributed by atoms with Gasteiger partial charge in [0.05, 0.1) is 31.3 Å². The molecule has 0 bridgehead atoms. The molecule has 2 rings (SSSR count). The summed E-state index contributed by atoms with van der Waals surface area (Å²) in [6.07, 6.45) is 0. The molecule has 0 aromatic heterocycles. The maximum Gasteiger partial charge on any atom is 0.339 e. The zero-order chi connectivity index (χ0) is 20.0. The number of hydrogen-bond acceptors (Lipinski definition) is 5. The number of aliphatic carboxylic acids is 1. The van der Waals surface area contributed by atoms with Crippen molar-refractivity contribution in [3.8, 4) is 0 Å². The predicted octanol–water partition coefficient (Wildman–Crippen LogP) is 3.13. The van der Waals surface area contributed by atoms with E-state index in [0.717, 1.165) is 0 Å². The highest BCUT2D eigenvalue weighted by Gasteiger charge is 2.29. The molecule has 0 heterocycles. The van der Waals surface area contributed by atoms with Gasteiger partial charge >= 0.3 is 17.9 Å². The third-order valence-electron chi connectivity index (χ3n) is 4.16. The maximum atomic E-state index is 12.7. The lowest BCUT2D eigenvalue weighted by molar-refractivity contribution is -0.138. The van der Waals surface area contributed by atoms with E-state index in [9.17, 15) is 19.5 Å². The Kier molecular flexibility index (Phi) is 6.49. The molecule has 0 aliphatic rings. The van der Waals surface area contributed by atoms with Gasteiger partial charge in [-0.15, -0.1) is 0 Å². The molecular formula is C21H20O6. The molecule has 2 aromatic carbocycles. The van der Waals surface area contributed by atoms with Crippen LogP contribution >= 0.6 is 0 Å². The van der Waals surface area contributed by atoms with Crippen LogP contribution in [0.15, 0.2) is 54.6 Å². The van der Waals surface area contributed by atoms with Crippen LogP contribution < -0.4 is 0 Å². The molecular weight excluding hydrogens is 348 g/mol. The molecule has 140 valence electrons. The van der Waals surface area contributed by atoms with Gasteiger partial charge in [0.25, 0.3) is 0 Å². The standard InChI is InChI=1S/C21H20O6/c1-13(19(22)23)15-11-7-8-12-16(15)18(21(25)27-3)17(20(24)26-2)14-9-5-4-6-10-14/h4-13H,1-3H3,(H,22,23). The number of carbonyl (C=O) groups excluding carboxylic acids is 2. The Bertz CT molecular complexity index is 883. The van der Waals surface area contributed by atoms with Crippen molar-refractivity contribution in [1.82, 2.24) is 0 Å². The first-order valence-electron chi connectivity index (χ1n) is 8.20. The average Bonchev–Trinajstić information content (AvgIpc) is 2.70. The third kappa shape index (κ3) is 4.23. The first kappa shape index (κ1) is 19.9. The van der Waals surface area contributed by atoms with Crippen LogP contribution in [0.2, 0.25) is 0 Å². The molecule has 1 atom stereocenters. The summed E-state index contributed by atoms with van der Waals surface area (Å²) >= 11 is 0. The number of methoxy groups -OCH3 is 2. The highest BCUT2D eigenvalue weighted by atomic mass is 16.5. The van der Waals surface area contributed by atoms with Crippen molar-refractivity contribution in [2.45, 2.75) is 12.8 Å². The predicted molar refractivity (Wildman–Crippen MR) is 99.8 cm³/mol. The number of benzene rings is 2. The van der Waals surface area contributed by atoms with Crippen LogP contribution in [0.4, 0.5) is 0 Å². The SMILES string of the molecule is COC(=O)C(=C(C(=O)OC)c1ccccc1C(C)C(=O)O)c1ccccc1. The van der Waals surface area contributed by atoms with Crippen molar-refractivity contribution in [2.24, 2.45) is 0 Å². The highest BCUT2D eigenvalue weighted by Crippen LogP contribution is 2.33. The summed E-state index contributed by atoms with van der Waals surface area (Å²) in [6.45, 7) is 1.51. The van der Waals surface area contributed by atoms with Crippen molar-refractivity contribution in [3.63, 3.8) is 0 Å². The van der Waals surface area contributed by atoms with Crippen LogP contribution in [0.25, 0.3) is 11.1 Å². The average molecular weight is 368 g/mol. The lowest BCUT2D eigenvalue weighted by Crippen LogP contribution is -2.16. The van der Waals surface area contributed by atoms with Gasteiger partial charge in [0, 0.05) is 0 Å². The minimum absolute atomic E-state index is 0.00925. The zero-order valence-electron chi connectivity index (χ0n) is 15.3. The molecule has 0 saturated heterocycles. The van der Waals surface area contributed by atoms with Crippen molar-refractivity contribution >= 4 is 29.1 Å². The quantitative estimate of drug-likeness (QED) is 0.479. The normalized spacial score (nSPS) is 12.6. The van der Waals surface area contributed by atoms with E-state index in [1.807, 2.05) is 0 Å². The summed E-state index contributed by atoms with van der Waals surface area (Å²) in [5.41, 5.74) is 1.13. The van der Waals surface area contributed by atoms with Crippen molar-refractivity contribution in [2.75, 3.05) is 14.2 Å². The lowest BCUT2D eigenvalue weighted by Gasteiger charge is -2.18. The summed E-state index contributed by atoms with van der Waals surface area (Å²) in [5.74, 6) is -3.43. The fraction of sp³-hybridized carbons (Fsp3) is 0.190. The van der Waals surface area contributed by atoms with E-state index >= 15 is 0 Å². The van der Waals surface area contributed by atoms with Crippen LogP contribution in [0.1, 0.15) is 29.5 Å². The van der Waals surface area contributed by atoms with E-state index in [1.165, 1.54) is 21.1 Å². The minimum Gasteiger partial charge on any atom is -0.481 e. The van der Waals surface area contributed by atoms with Gasteiger partial charge in [-0.2, -0.15) is 0 Å². The Morgan fingerprint density at radius 3 is 1.89 bits per heavy atom. The summed E-state index contributed by atoms with van der Waals surface area (Å²) in [5, 5.41) is 9.42. The second kappa shape index (κ2) is 8.80. The number of carboxylic acid groups (broad SMARTS) is 1. The van der Waals surface area contributed by atoms with Crippen LogP contribution in [0.3, 0.4) is 0 Å². The topological polar surface area (TPSA) is 89.9 Å². The van der Waals surface area contributed by atoms with Crippen molar-refractivity contribution in [3.05, 3.63) is 71.3 Å². The summed E-state index contributed by atoms with van der Waals surface area (Å²) in [7, 11) is 2.41. The number of esters is 2. The maximum absolute atomic E-state index is 12.7. The van der Waals surface area contributed by atoms with Gasteiger partial charge in [0.2, 0.25) is 0 Å². The largest absolute Gasteiger partial charge is 0.481 e. The molecule has 27 heavy (non-hydrogen) atoms. The van der Waals surface area contributed by atoms with Crippen LogP contribution in [0.5, 0.6) is 0 Å². The number of carbonyl (C=O) groups is 3. The Morgan fingerprint density at radius 2 is 1.33 bits per heavy atom. The molecule has 1 unspecified atom stereocenters. The Morgan fingerprint density at radius 1 is 0.815 bits per heavy atom. The Labute approximate surface area is 157 Å². The smallest absolute Gasteiger partial charge is 0.339 e. The molecule has 0 spiro atoms. The fourth-order valence-corrected chi connectivity index (χ4v) is 2.76. The number of carboxylic acids is 1. The zero-order valence-corrected chi connectivity index (χ0v) is 15.3. The highest BCUT2D eigenvalue weighted by molar-refractivity contribution is 6.37. The molecule has 0 saturated carbocycles. The van der Waals surface area contributed by atoms with E-state index in [2.05, 4.69) is 0 Å². The van der Waals surface area contributed by atoms with E-state index < -0.39 is 23.8 Å². The molecule has 0 radical (unpaired) electrons. The van der Waals surface area contributed by atoms with Gasteiger partial charge in [0.15, 0.2) is 0 Å². The van der Waals surface area contributed by atoms with Crippen LogP contribution in [-0.4, -0.2) is 37.2 Å². The van der Waals surface area contributed by atoms with Gasteiger partial charge in [0.1, 0.15) is 0 Å². The fourth-order valence-electron chi connectivity index (χ4n) is 2.76. The lowest BCUT2D eigenvalue weighted by atomic mass is 9.87.